The lowest BCUT2D eigenvalue weighted by Gasteiger charge is -2.36. The van der Waals surface area contributed by atoms with Crippen molar-refractivity contribution >= 4 is 23.6 Å². The zero-order valence-electron chi connectivity index (χ0n) is 26.2. The molecule has 4 aromatic heterocycles. The van der Waals surface area contributed by atoms with Crippen molar-refractivity contribution in [2.45, 2.75) is 57.4 Å². The Morgan fingerprint density at radius 2 is 1.85 bits per heavy atom. The number of nitrogens with zero attached hydrogens (tertiary/aromatic N) is 10. The SMILES string of the molecule is Cn1cc(-c2ccc(N(C(=O)NCc3ccccc3)[C@H]3CC[C@H](Nc4ncc(C#N)c(N5CCn6ccnc6C5)n4)CC3)nc2)cn1. The highest BCUT2D eigenvalue weighted by Crippen LogP contribution is 2.30. The molecule has 1 aromatic carbocycles. The number of amides is 2. The third-order valence-electron chi connectivity index (χ3n) is 8.87. The molecule has 0 atom stereocenters. The molecule has 2 amide bonds. The molecular formula is C34H36N12O. The van der Waals surface area contributed by atoms with Gasteiger partial charge in [0.05, 0.1) is 18.9 Å². The highest BCUT2D eigenvalue weighted by molar-refractivity contribution is 5.91. The first-order valence-electron chi connectivity index (χ1n) is 15.9. The molecule has 1 aliphatic heterocycles. The Morgan fingerprint density at radius 3 is 2.60 bits per heavy atom. The standard InChI is InChI=1S/C34H36N12O/c1-43-22-27(21-40-43)25-7-12-30(37-19-25)46(34(47)39-18-24-5-3-2-4-6-24)29-10-8-28(9-11-29)41-33-38-20-26(17-35)32(42-33)45-16-15-44-14-13-36-31(44)23-45/h2-7,12-14,19-22,28-29H,8-11,15-16,18,23H2,1H3,(H,39,47)(H,38,41,42)/t28-,29-. The van der Waals surface area contributed by atoms with Crippen molar-refractivity contribution in [1.82, 2.24) is 39.6 Å². The number of carbonyl (C=O) groups is 1. The van der Waals surface area contributed by atoms with Gasteiger partial charge in [-0.05, 0) is 43.4 Å². The second-order valence-corrected chi connectivity index (χ2v) is 12.0. The monoisotopic (exact) mass is 628 g/mol. The molecule has 5 heterocycles. The number of hydrogen-bond donors (Lipinski definition) is 2. The number of hydrogen-bond acceptors (Lipinski definition) is 9. The summed E-state index contributed by atoms with van der Waals surface area (Å²) in [7, 11) is 1.88. The first-order valence-corrected chi connectivity index (χ1v) is 15.9. The van der Waals surface area contributed by atoms with E-state index in [1.54, 1.807) is 29.5 Å². The van der Waals surface area contributed by atoms with Crippen molar-refractivity contribution < 1.29 is 4.79 Å². The Kier molecular flexibility index (Phi) is 8.46. The van der Waals surface area contributed by atoms with Gasteiger partial charge in [0.15, 0.2) is 5.82 Å². The minimum Gasteiger partial charge on any atom is -0.351 e. The molecule has 7 rings (SSSR count). The number of aryl methyl sites for hydroxylation is 1. The van der Waals surface area contributed by atoms with E-state index in [0.29, 0.717) is 36.2 Å². The molecule has 5 aromatic rings. The average molecular weight is 629 g/mol. The summed E-state index contributed by atoms with van der Waals surface area (Å²) in [6.07, 6.45) is 14.1. The van der Waals surface area contributed by atoms with Gasteiger partial charge >= 0.3 is 6.03 Å². The normalized spacial score (nSPS) is 17.4. The number of benzene rings is 1. The minimum atomic E-state index is -0.172. The van der Waals surface area contributed by atoms with Crippen LogP contribution >= 0.6 is 0 Å². The first kappa shape index (κ1) is 29.9. The smallest absolute Gasteiger partial charge is 0.323 e. The number of fused-ring (bicyclic) bond motifs is 1. The van der Waals surface area contributed by atoms with Gasteiger partial charge in [0.2, 0.25) is 5.95 Å². The van der Waals surface area contributed by atoms with Crippen LogP contribution in [-0.2, 0) is 26.7 Å². The van der Waals surface area contributed by atoms with E-state index in [-0.39, 0.29) is 18.1 Å². The topological polar surface area (TPSA) is 146 Å². The number of carbonyl (C=O) groups excluding carboxylic acids is 1. The van der Waals surface area contributed by atoms with Gasteiger partial charge in [0.1, 0.15) is 23.3 Å². The molecule has 47 heavy (non-hydrogen) atoms. The predicted octanol–water partition coefficient (Wildman–Crippen LogP) is 4.50. The second kappa shape index (κ2) is 13.3. The van der Waals surface area contributed by atoms with Crippen LogP contribution < -0.4 is 20.4 Å². The molecule has 0 radical (unpaired) electrons. The number of aromatic nitrogens is 7. The van der Waals surface area contributed by atoms with E-state index in [4.69, 9.17) is 9.97 Å². The quantitative estimate of drug-likeness (QED) is 0.254. The van der Waals surface area contributed by atoms with Crippen LogP contribution in [0.1, 0.15) is 42.6 Å². The van der Waals surface area contributed by atoms with Gasteiger partial charge in [-0.1, -0.05) is 30.3 Å². The first-order chi connectivity index (χ1) is 23.0. The minimum absolute atomic E-state index is 0.0323. The van der Waals surface area contributed by atoms with Gasteiger partial charge in [-0.2, -0.15) is 15.3 Å². The van der Waals surface area contributed by atoms with Crippen LogP contribution in [-0.4, -0.2) is 58.9 Å². The van der Waals surface area contributed by atoms with Crippen molar-refractivity contribution in [3.8, 4) is 17.2 Å². The Balaban J connectivity index is 1.04. The van der Waals surface area contributed by atoms with Gasteiger partial charge in [0.25, 0.3) is 0 Å². The van der Waals surface area contributed by atoms with Crippen LogP contribution in [0.15, 0.2) is 79.6 Å². The predicted molar refractivity (Wildman–Crippen MR) is 177 cm³/mol. The zero-order valence-corrected chi connectivity index (χ0v) is 26.2. The average Bonchev–Trinajstić information content (AvgIpc) is 3.77. The largest absolute Gasteiger partial charge is 0.351 e. The van der Waals surface area contributed by atoms with Crippen molar-refractivity contribution in [3.63, 3.8) is 0 Å². The van der Waals surface area contributed by atoms with E-state index in [1.165, 1.54) is 0 Å². The Bertz CT molecular complexity index is 1870. The van der Waals surface area contributed by atoms with E-state index in [9.17, 15) is 10.1 Å². The molecule has 1 aliphatic carbocycles. The zero-order chi connectivity index (χ0) is 32.2. The number of rotatable bonds is 8. The Labute approximate surface area is 272 Å². The summed E-state index contributed by atoms with van der Waals surface area (Å²) in [4.78, 5) is 36.1. The van der Waals surface area contributed by atoms with Gasteiger partial charge in [-0.25, -0.2) is 19.7 Å². The number of anilines is 3. The van der Waals surface area contributed by atoms with E-state index >= 15 is 0 Å². The van der Waals surface area contributed by atoms with Crippen molar-refractivity contribution in [2.24, 2.45) is 7.05 Å². The molecule has 13 heteroatoms. The summed E-state index contributed by atoms with van der Waals surface area (Å²) in [5.41, 5.74) is 3.39. The third kappa shape index (κ3) is 6.62. The summed E-state index contributed by atoms with van der Waals surface area (Å²) in [5.74, 6) is 2.68. The fraction of sp³-hybridized carbons (Fsp3) is 0.324. The van der Waals surface area contributed by atoms with Crippen molar-refractivity contribution in [3.05, 3.63) is 96.6 Å². The van der Waals surface area contributed by atoms with Gasteiger partial charge in [0, 0.05) is 74.7 Å². The van der Waals surface area contributed by atoms with E-state index in [1.807, 2.05) is 66.8 Å². The number of urea groups is 1. The van der Waals surface area contributed by atoms with Gasteiger partial charge in [-0.15, -0.1) is 0 Å². The number of nitriles is 1. The molecule has 0 spiro atoms. The fourth-order valence-corrected chi connectivity index (χ4v) is 6.36. The number of imidazole rings is 1. The van der Waals surface area contributed by atoms with Gasteiger partial charge < -0.3 is 20.1 Å². The van der Waals surface area contributed by atoms with Crippen LogP contribution in [0.3, 0.4) is 0 Å². The van der Waals surface area contributed by atoms with E-state index < -0.39 is 0 Å². The summed E-state index contributed by atoms with van der Waals surface area (Å²) in [6, 6.07) is 16.0. The lowest BCUT2D eigenvalue weighted by molar-refractivity contribution is 0.240. The summed E-state index contributed by atoms with van der Waals surface area (Å²) in [6.45, 7) is 2.53. The lowest BCUT2D eigenvalue weighted by Crippen LogP contribution is -2.49. The van der Waals surface area contributed by atoms with Crippen molar-refractivity contribution in [2.75, 3.05) is 21.7 Å². The van der Waals surface area contributed by atoms with Crippen LogP contribution in [0.2, 0.25) is 0 Å². The highest BCUT2D eigenvalue weighted by atomic mass is 16.2. The maximum atomic E-state index is 13.7. The molecule has 1 saturated carbocycles. The maximum absolute atomic E-state index is 13.7. The highest BCUT2D eigenvalue weighted by Gasteiger charge is 2.31. The summed E-state index contributed by atoms with van der Waals surface area (Å²) in [5, 5.41) is 20.7. The van der Waals surface area contributed by atoms with Crippen LogP contribution in [0.5, 0.6) is 0 Å². The molecule has 2 aliphatic rings. The van der Waals surface area contributed by atoms with Gasteiger partial charge in [-0.3, -0.25) is 9.58 Å². The molecule has 0 unspecified atom stereocenters. The third-order valence-corrected chi connectivity index (χ3v) is 8.87. The number of pyridine rings is 1. The second-order valence-electron chi connectivity index (χ2n) is 12.0. The molecule has 0 bridgehead atoms. The van der Waals surface area contributed by atoms with Crippen LogP contribution in [0.4, 0.5) is 22.4 Å². The maximum Gasteiger partial charge on any atom is 0.323 e. The van der Waals surface area contributed by atoms with Crippen LogP contribution in [0.25, 0.3) is 11.1 Å². The molecular weight excluding hydrogens is 592 g/mol. The summed E-state index contributed by atoms with van der Waals surface area (Å²) < 4.78 is 3.88. The van der Waals surface area contributed by atoms with E-state index in [2.05, 4.69) is 41.2 Å². The molecule has 13 nitrogen and oxygen atoms in total. The summed E-state index contributed by atoms with van der Waals surface area (Å²) >= 11 is 0. The Hall–Kier alpha value is -5.77. The van der Waals surface area contributed by atoms with E-state index in [0.717, 1.165) is 61.3 Å². The Morgan fingerprint density at radius 1 is 1.00 bits per heavy atom. The number of nitrogens with one attached hydrogen (secondary N) is 2. The fourth-order valence-electron chi connectivity index (χ4n) is 6.36. The molecule has 2 N–H and O–H groups in total. The lowest BCUT2D eigenvalue weighted by atomic mass is 9.90. The van der Waals surface area contributed by atoms with Crippen LogP contribution in [0, 0.1) is 11.3 Å². The molecule has 238 valence electrons. The molecule has 1 fully saturated rings. The molecule has 0 saturated heterocycles. The van der Waals surface area contributed by atoms with Crippen molar-refractivity contribution in [1.29, 1.82) is 5.26 Å².